The molecule has 0 amide bonds. The Bertz CT molecular complexity index is 1290. The van der Waals surface area contributed by atoms with Crippen LogP contribution in [0.3, 0.4) is 0 Å². The van der Waals surface area contributed by atoms with Crippen LogP contribution in [0, 0.1) is 0 Å². The summed E-state index contributed by atoms with van der Waals surface area (Å²) in [5.74, 6) is 1.65. The van der Waals surface area contributed by atoms with Gasteiger partial charge in [0.2, 0.25) is 11.7 Å². The Morgan fingerprint density at radius 1 is 1.11 bits per heavy atom. The van der Waals surface area contributed by atoms with Crippen molar-refractivity contribution in [2.75, 3.05) is 0 Å². The Morgan fingerprint density at radius 3 is 2.82 bits per heavy atom. The maximum absolute atomic E-state index is 12.4. The summed E-state index contributed by atoms with van der Waals surface area (Å²) in [6, 6.07) is 13.0. The van der Waals surface area contributed by atoms with E-state index in [0.29, 0.717) is 39.4 Å². The number of aromatic amines is 1. The van der Waals surface area contributed by atoms with E-state index in [0.717, 1.165) is 5.69 Å². The zero-order chi connectivity index (χ0) is 18.9. The van der Waals surface area contributed by atoms with Crippen LogP contribution in [0.1, 0.15) is 5.89 Å². The molecule has 0 unspecified atom stereocenters. The molecule has 0 saturated heterocycles. The Balaban J connectivity index is 1.43. The van der Waals surface area contributed by atoms with E-state index >= 15 is 0 Å². The van der Waals surface area contributed by atoms with Crippen molar-refractivity contribution in [3.05, 3.63) is 71.2 Å². The minimum Gasteiger partial charge on any atom is -0.461 e. The number of H-pyrrole nitrogens is 1. The molecular weight excluding hydrogens is 380 g/mol. The summed E-state index contributed by atoms with van der Waals surface area (Å²) in [4.78, 5) is 24.0. The van der Waals surface area contributed by atoms with Crippen molar-refractivity contribution in [2.45, 2.75) is 10.9 Å². The van der Waals surface area contributed by atoms with Gasteiger partial charge in [-0.25, -0.2) is 9.67 Å². The second-order valence-electron chi connectivity index (χ2n) is 5.78. The minimum atomic E-state index is -0.253. The van der Waals surface area contributed by atoms with Crippen LogP contribution in [0.4, 0.5) is 0 Å². The third kappa shape index (κ3) is 2.99. The second-order valence-corrected chi connectivity index (χ2v) is 6.74. The van der Waals surface area contributed by atoms with Crippen molar-refractivity contribution < 1.29 is 8.94 Å². The van der Waals surface area contributed by atoms with Gasteiger partial charge >= 0.3 is 0 Å². The Hall–Kier alpha value is -3.66. The van der Waals surface area contributed by atoms with Crippen LogP contribution < -0.4 is 5.56 Å². The standard InChI is InChI=1S/C18H12N6O3S/c25-17-12-9-19-24(11-5-2-1-3-6-11)16(12)21-18(22-17)28-10-14-20-15(23-27-14)13-7-4-8-26-13/h1-9H,10H2,(H,21,22,25). The van der Waals surface area contributed by atoms with Crippen molar-refractivity contribution in [3.63, 3.8) is 0 Å². The molecule has 1 aromatic carbocycles. The highest BCUT2D eigenvalue weighted by Gasteiger charge is 2.14. The molecule has 9 nitrogen and oxygen atoms in total. The van der Waals surface area contributed by atoms with Crippen LogP contribution in [-0.4, -0.2) is 29.9 Å². The highest BCUT2D eigenvalue weighted by Crippen LogP contribution is 2.22. The van der Waals surface area contributed by atoms with E-state index in [4.69, 9.17) is 8.94 Å². The van der Waals surface area contributed by atoms with E-state index in [2.05, 4.69) is 25.2 Å². The monoisotopic (exact) mass is 392 g/mol. The molecule has 28 heavy (non-hydrogen) atoms. The maximum atomic E-state index is 12.4. The molecule has 4 aromatic heterocycles. The third-order valence-electron chi connectivity index (χ3n) is 3.96. The highest BCUT2D eigenvalue weighted by atomic mass is 32.2. The molecule has 0 spiro atoms. The van der Waals surface area contributed by atoms with Crippen LogP contribution in [0.15, 0.2) is 73.8 Å². The Labute approximate surface area is 161 Å². The molecule has 0 aliphatic carbocycles. The van der Waals surface area contributed by atoms with Gasteiger partial charge in [0, 0.05) is 0 Å². The molecule has 0 bridgehead atoms. The van der Waals surface area contributed by atoms with E-state index in [-0.39, 0.29) is 5.56 Å². The SMILES string of the molecule is O=c1[nH]c(SCc2nc(-c3ccco3)no2)nc2c1cnn2-c1ccccc1. The van der Waals surface area contributed by atoms with Crippen LogP contribution in [0.25, 0.3) is 28.3 Å². The van der Waals surface area contributed by atoms with Crippen molar-refractivity contribution in [1.82, 2.24) is 29.9 Å². The third-order valence-corrected chi connectivity index (χ3v) is 4.82. The molecule has 0 aliphatic heterocycles. The summed E-state index contributed by atoms with van der Waals surface area (Å²) in [6.45, 7) is 0. The van der Waals surface area contributed by atoms with Crippen molar-refractivity contribution in [1.29, 1.82) is 0 Å². The summed E-state index contributed by atoms with van der Waals surface area (Å²) < 4.78 is 12.1. The fourth-order valence-corrected chi connectivity index (χ4v) is 3.37. The number of hydrogen-bond donors (Lipinski definition) is 1. The normalized spacial score (nSPS) is 11.3. The van der Waals surface area contributed by atoms with Crippen molar-refractivity contribution in [3.8, 4) is 17.3 Å². The van der Waals surface area contributed by atoms with E-state index < -0.39 is 0 Å². The van der Waals surface area contributed by atoms with Gasteiger partial charge in [-0.05, 0) is 24.3 Å². The summed E-state index contributed by atoms with van der Waals surface area (Å²) in [5, 5.41) is 9.04. The zero-order valence-corrected chi connectivity index (χ0v) is 15.1. The molecule has 4 heterocycles. The van der Waals surface area contributed by atoms with Crippen LogP contribution in [0.2, 0.25) is 0 Å². The quantitative estimate of drug-likeness (QED) is 0.358. The van der Waals surface area contributed by atoms with Gasteiger partial charge in [-0.3, -0.25) is 4.79 Å². The van der Waals surface area contributed by atoms with E-state index in [1.165, 1.54) is 18.0 Å². The smallest absolute Gasteiger partial charge is 0.262 e. The molecule has 5 rings (SSSR count). The average Bonchev–Trinajstić information content (AvgIpc) is 3.46. The molecule has 5 aromatic rings. The van der Waals surface area contributed by atoms with Gasteiger partial charge in [-0.1, -0.05) is 35.1 Å². The number of rotatable bonds is 5. The van der Waals surface area contributed by atoms with Gasteiger partial charge in [-0.2, -0.15) is 10.1 Å². The molecule has 0 aliphatic rings. The van der Waals surface area contributed by atoms with E-state index in [9.17, 15) is 4.79 Å². The number of benzene rings is 1. The predicted molar refractivity (Wildman–Crippen MR) is 101 cm³/mol. The summed E-state index contributed by atoms with van der Waals surface area (Å²) in [6.07, 6.45) is 3.05. The van der Waals surface area contributed by atoms with Gasteiger partial charge in [0.05, 0.1) is 23.9 Å². The summed E-state index contributed by atoms with van der Waals surface area (Å²) >= 11 is 1.29. The van der Waals surface area contributed by atoms with Crippen molar-refractivity contribution >= 4 is 22.8 Å². The molecule has 0 radical (unpaired) electrons. The number of para-hydroxylation sites is 1. The van der Waals surface area contributed by atoms with Gasteiger partial charge < -0.3 is 13.9 Å². The lowest BCUT2D eigenvalue weighted by Crippen LogP contribution is -2.09. The van der Waals surface area contributed by atoms with Crippen LogP contribution in [0.5, 0.6) is 0 Å². The lowest BCUT2D eigenvalue weighted by molar-refractivity contribution is 0.390. The first-order valence-corrected chi connectivity index (χ1v) is 9.29. The van der Waals surface area contributed by atoms with Gasteiger partial charge in [0.15, 0.2) is 16.6 Å². The largest absolute Gasteiger partial charge is 0.461 e. The molecule has 0 atom stereocenters. The molecular formula is C18H12N6O3S. The maximum Gasteiger partial charge on any atom is 0.262 e. The highest BCUT2D eigenvalue weighted by molar-refractivity contribution is 7.98. The van der Waals surface area contributed by atoms with Crippen LogP contribution in [-0.2, 0) is 5.75 Å². The lowest BCUT2D eigenvalue weighted by Gasteiger charge is -2.03. The number of nitrogens with zero attached hydrogens (tertiary/aromatic N) is 5. The fraction of sp³-hybridized carbons (Fsp3) is 0.0556. The van der Waals surface area contributed by atoms with Crippen LogP contribution >= 0.6 is 11.8 Å². The Morgan fingerprint density at radius 2 is 2.00 bits per heavy atom. The average molecular weight is 392 g/mol. The predicted octanol–water partition coefficient (Wildman–Crippen LogP) is 3.04. The van der Waals surface area contributed by atoms with Gasteiger partial charge in [0.1, 0.15) is 5.39 Å². The molecule has 0 fully saturated rings. The van der Waals surface area contributed by atoms with Crippen molar-refractivity contribution in [2.24, 2.45) is 0 Å². The van der Waals surface area contributed by atoms with E-state index in [1.54, 1.807) is 23.1 Å². The first kappa shape index (κ1) is 16.5. The number of nitrogens with one attached hydrogen (secondary N) is 1. The zero-order valence-electron chi connectivity index (χ0n) is 14.3. The number of furan rings is 1. The number of fused-ring (bicyclic) bond motifs is 1. The fourth-order valence-electron chi connectivity index (χ4n) is 2.67. The topological polar surface area (TPSA) is 116 Å². The molecule has 1 N–H and O–H groups in total. The van der Waals surface area contributed by atoms with Gasteiger partial charge in [-0.15, -0.1) is 0 Å². The lowest BCUT2D eigenvalue weighted by atomic mass is 10.3. The minimum absolute atomic E-state index is 0.253. The summed E-state index contributed by atoms with van der Waals surface area (Å²) in [5.41, 5.74) is 1.06. The first-order chi connectivity index (χ1) is 13.8. The Kier molecular flexibility index (Phi) is 4.02. The molecule has 0 saturated carbocycles. The van der Waals surface area contributed by atoms with E-state index in [1.807, 2.05) is 30.3 Å². The molecule has 138 valence electrons. The first-order valence-electron chi connectivity index (χ1n) is 8.31. The number of aromatic nitrogens is 6. The van der Waals surface area contributed by atoms with Gasteiger partial charge in [0.25, 0.3) is 5.56 Å². The number of hydrogen-bond acceptors (Lipinski definition) is 8. The summed E-state index contributed by atoms with van der Waals surface area (Å²) in [7, 11) is 0. The molecule has 10 heteroatoms. The second kappa shape index (κ2) is 6.82. The number of thioether (sulfide) groups is 1.